The predicted molar refractivity (Wildman–Crippen MR) is 93.1 cm³/mol. The second kappa shape index (κ2) is 7.85. The van der Waals surface area contributed by atoms with E-state index in [4.69, 9.17) is 5.73 Å². The first-order chi connectivity index (χ1) is 9.72. The average molecular weight is 329 g/mol. The molecule has 0 atom stereocenters. The number of hydrogen-bond acceptors (Lipinski definition) is 7. The smallest absolute Gasteiger partial charge is 0.149 e. The fraction of sp³-hybridized carbons (Fsp3) is 0.538. The molecule has 110 valence electrons. The summed E-state index contributed by atoms with van der Waals surface area (Å²) in [6, 6.07) is 0. The molecule has 0 aliphatic heterocycles. The van der Waals surface area contributed by atoms with Gasteiger partial charge in [0.1, 0.15) is 15.8 Å². The lowest BCUT2D eigenvalue weighted by molar-refractivity contribution is 0.750. The molecule has 7 heteroatoms. The first kappa shape index (κ1) is 15.6. The van der Waals surface area contributed by atoms with Gasteiger partial charge in [0.05, 0.1) is 5.56 Å². The predicted octanol–water partition coefficient (Wildman–Crippen LogP) is 4.10. The van der Waals surface area contributed by atoms with Crippen LogP contribution in [0.25, 0.3) is 10.6 Å². The van der Waals surface area contributed by atoms with Crippen LogP contribution in [0.2, 0.25) is 0 Å². The minimum absolute atomic E-state index is 0.578. The van der Waals surface area contributed by atoms with Crippen LogP contribution in [-0.2, 0) is 0 Å². The molecule has 0 aliphatic rings. The molecule has 4 nitrogen and oxygen atoms in total. The summed E-state index contributed by atoms with van der Waals surface area (Å²) in [6.45, 7) is 2.96. The normalized spacial score (nSPS) is 10.9. The summed E-state index contributed by atoms with van der Waals surface area (Å²) in [4.78, 5) is 4.51. The maximum absolute atomic E-state index is 5.98. The van der Waals surface area contributed by atoms with E-state index in [1.54, 1.807) is 11.3 Å². The maximum atomic E-state index is 5.98. The lowest BCUT2D eigenvalue weighted by atomic mass is 10.2. The molecule has 0 amide bonds. The Labute approximate surface area is 132 Å². The standard InChI is InChI=1S/C13H20N4S3/c1-9-8-19-13(16-9)10-11(14)17-20-12(10)15-6-4-3-5-7-18-2/h8,15H,3-7H2,1-2H3,(H2,14,17). The van der Waals surface area contributed by atoms with E-state index in [1.807, 2.05) is 24.1 Å². The van der Waals surface area contributed by atoms with Gasteiger partial charge in [-0.15, -0.1) is 11.3 Å². The largest absolute Gasteiger partial charge is 0.382 e. The fourth-order valence-corrected chi connectivity index (χ4v) is 4.00. The molecule has 0 radical (unpaired) electrons. The number of aromatic nitrogens is 2. The van der Waals surface area contributed by atoms with Crippen LogP contribution in [0, 0.1) is 6.92 Å². The molecule has 3 N–H and O–H groups in total. The van der Waals surface area contributed by atoms with Crippen molar-refractivity contribution in [3.8, 4) is 10.6 Å². The van der Waals surface area contributed by atoms with Crippen molar-refractivity contribution in [1.29, 1.82) is 0 Å². The SMILES string of the molecule is CSCCCCCNc1snc(N)c1-c1nc(C)cs1. The third-order valence-electron chi connectivity index (χ3n) is 2.86. The number of nitrogens with two attached hydrogens (primary N) is 1. The molecule has 0 bridgehead atoms. The first-order valence-electron chi connectivity index (χ1n) is 6.63. The quantitative estimate of drug-likeness (QED) is 0.714. The molecular weight excluding hydrogens is 308 g/mol. The van der Waals surface area contributed by atoms with Gasteiger partial charge < -0.3 is 11.1 Å². The van der Waals surface area contributed by atoms with Crippen LogP contribution in [0.15, 0.2) is 5.38 Å². The van der Waals surface area contributed by atoms with E-state index in [0.29, 0.717) is 5.82 Å². The van der Waals surface area contributed by atoms with Gasteiger partial charge >= 0.3 is 0 Å². The fourth-order valence-electron chi connectivity index (χ4n) is 1.85. The molecule has 0 fully saturated rings. The van der Waals surface area contributed by atoms with Crippen molar-refractivity contribution in [2.75, 3.05) is 29.6 Å². The van der Waals surface area contributed by atoms with Gasteiger partial charge in [-0.3, -0.25) is 0 Å². The number of nitrogens with zero attached hydrogens (tertiary/aromatic N) is 2. The van der Waals surface area contributed by atoms with Gasteiger partial charge in [-0.2, -0.15) is 16.1 Å². The third-order valence-corrected chi connectivity index (χ3v) is 5.36. The van der Waals surface area contributed by atoms with Crippen LogP contribution in [0.5, 0.6) is 0 Å². The average Bonchev–Trinajstić information content (AvgIpc) is 3.00. The molecule has 0 saturated carbocycles. The van der Waals surface area contributed by atoms with E-state index in [1.165, 1.54) is 36.5 Å². The third kappa shape index (κ3) is 4.10. The van der Waals surface area contributed by atoms with Crippen molar-refractivity contribution in [3.63, 3.8) is 0 Å². The van der Waals surface area contributed by atoms with Gasteiger partial charge in [0, 0.05) is 17.6 Å². The Morgan fingerprint density at radius 1 is 1.35 bits per heavy atom. The minimum Gasteiger partial charge on any atom is -0.382 e. The molecule has 0 aliphatic carbocycles. The zero-order valence-electron chi connectivity index (χ0n) is 11.8. The number of aryl methyl sites for hydroxylation is 1. The first-order valence-corrected chi connectivity index (χ1v) is 9.67. The summed E-state index contributed by atoms with van der Waals surface area (Å²) in [6.07, 6.45) is 5.87. The summed E-state index contributed by atoms with van der Waals surface area (Å²) in [7, 11) is 0. The highest BCUT2D eigenvalue weighted by atomic mass is 32.2. The molecular formula is C13H20N4S3. The second-order valence-corrected chi connectivity index (χ2v) is 7.16. The molecule has 2 heterocycles. The summed E-state index contributed by atoms with van der Waals surface area (Å²) in [5, 5.41) is 7.50. The van der Waals surface area contributed by atoms with Crippen molar-refractivity contribution in [2.24, 2.45) is 0 Å². The van der Waals surface area contributed by atoms with Crippen LogP contribution >= 0.6 is 34.6 Å². The van der Waals surface area contributed by atoms with Gasteiger partial charge in [0.15, 0.2) is 0 Å². The molecule has 0 aromatic carbocycles. The highest BCUT2D eigenvalue weighted by molar-refractivity contribution is 7.98. The van der Waals surface area contributed by atoms with Gasteiger partial charge in [0.2, 0.25) is 0 Å². The van der Waals surface area contributed by atoms with Gasteiger partial charge in [-0.05, 0) is 43.3 Å². The number of nitrogen functional groups attached to an aromatic ring is 1. The topological polar surface area (TPSA) is 63.8 Å². The van der Waals surface area contributed by atoms with Crippen LogP contribution in [0.4, 0.5) is 10.8 Å². The number of thiazole rings is 1. The van der Waals surface area contributed by atoms with Crippen molar-refractivity contribution in [1.82, 2.24) is 9.36 Å². The van der Waals surface area contributed by atoms with Gasteiger partial charge in [-0.25, -0.2) is 4.98 Å². The second-order valence-electron chi connectivity index (χ2n) is 4.55. The number of nitrogens with one attached hydrogen (secondary N) is 1. The van der Waals surface area contributed by atoms with E-state index in [2.05, 4.69) is 20.9 Å². The van der Waals surface area contributed by atoms with E-state index >= 15 is 0 Å². The summed E-state index contributed by atoms with van der Waals surface area (Å²) in [5.41, 5.74) is 7.97. The molecule has 0 unspecified atom stereocenters. The van der Waals surface area contributed by atoms with E-state index in [-0.39, 0.29) is 0 Å². The van der Waals surface area contributed by atoms with Crippen LogP contribution < -0.4 is 11.1 Å². The highest BCUT2D eigenvalue weighted by Crippen LogP contribution is 2.38. The number of thioether (sulfide) groups is 1. The Morgan fingerprint density at radius 2 is 2.20 bits per heavy atom. The monoisotopic (exact) mass is 328 g/mol. The molecule has 2 aromatic heterocycles. The summed E-state index contributed by atoms with van der Waals surface area (Å²) in [5.74, 6) is 1.83. The van der Waals surface area contributed by atoms with Gasteiger partial charge in [0.25, 0.3) is 0 Å². The summed E-state index contributed by atoms with van der Waals surface area (Å²) >= 11 is 4.95. The van der Waals surface area contributed by atoms with Crippen molar-refractivity contribution in [3.05, 3.63) is 11.1 Å². The van der Waals surface area contributed by atoms with E-state index in [0.717, 1.165) is 27.8 Å². The molecule has 2 rings (SSSR count). The molecule has 20 heavy (non-hydrogen) atoms. The zero-order chi connectivity index (χ0) is 14.4. The Morgan fingerprint density at radius 3 is 2.90 bits per heavy atom. The maximum Gasteiger partial charge on any atom is 0.149 e. The summed E-state index contributed by atoms with van der Waals surface area (Å²) < 4.78 is 4.25. The number of unbranched alkanes of at least 4 members (excludes halogenated alkanes) is 2. The molecule has 2 aromatic rings. The Bertz CT molecular complexity index is 535. The van der Waals surface area contributed by atoms with Crippen molar-refractivity contribution >= 4 is 45.5 Å². The minimum atomic E-state index is 0.578. The number of rotatable bonds is 8. The van der Waals surface area contributed by atoms with Gasteiger partial charge in [-0.1, -0.05) is 6.42 Å². The van der Waals surface area contributed by atoms with Crippen molar-refractivity contribution in [2.45, 2.75) is 26.2 Å². The molecule has 0 saturated heterocycles. The van der Waals surface area contributed by atoms with E-state index in [9.17, 15) is 0 Å². The van der Waals surface area contributed by atoms with Crippen LogP contribution in [0.1, 0.15) is 25.0 Å². The zero-order valence-corrected chi connectivity index (χ0v) is 14.3. The number of hydrogen-bond donors (Lipinski definition) is 2. The molecule has 0 spiro atoms. The lowest BCUT2D eigenvalue weighted by Crippen LogP contribution is -2.01. The van der Waals surface area contributed by atoms with Crippen molar-refractivity contribution < 1.29 is 0 Å². The Kier molecular flexibility index (Phi) is 6.12. The van der Waals surface area contributed by atoms with E-state index < -0.39 is 0 Å². The Hall–Kier alpha value is -0.790. The van der Waals surface area contributed by atoms with Crippen LogP contribution in [-0.4, -0.2) is 27.9 Å². The highest BCUT2D eigenvalue weighted by Gasteiger charge is 2.16. The lowest BCUT2D eigenvalue weighted by Gasteiger charge is -2.05. The number of anilines is 2. The Balaban J connectivity index is 1.92. The van der Waals surface area contributed by atoms with Crippen LogP contribution in [0.3, 0.4) is 0 Å².